The fourth-order valence-corrected chi connectivity index (χ4v) is 3.54. The van der Waals surface area contributed by atoms with Gasteiger partial charge in [-0.25, -0.2) is 9.78 Å². The van der Waals surface area contributed by atoms with Gasteiger partial charge in [0.05, 0.1) is 28.5 Å². The summed E-state index contributed by atoms with van der Waals surface area (Å²) in [5.41, 5.74) is 9.71. The van der Waals surface area contributed by atoms with Gasteiger partial charge in [-0.3, -0.25) is 0 Å². The Morgan fingerprint density at radius 2 is 2.15 bits per heavy atom. The second kappa shape index (κ2) is 7.03. The number of ether oxygens (including phenoxy) is 1. The van der Waals surface area contributed by atoms with Gasteiger partial charge in [-0.1, -0.05) is 0 Å². The Bertz CT molecular complexity index is 837. The molecule has 1 aliphatic rings. The van der Waals surface area contributed by atoms with E-state index in [1.807, 2.05) is 54.1 Å². The first kappa shape index (κ1) is 19.5. The molecule has 2 N–H and O–H groups in total. The number of hydrogen-bond acceptors (Lipinski definition) is 5. The molecule has 1 amide bonds. The number of likely N-dealkylation sites (N-methyl/N-ethyl adjacent to an activating group) is 1. The Balaban J connectivity index is 1.83. The van der Waals surface area contributed by atoms with Crippen LogP contribution in [0.25, 0.3) is 11.0 Å². The Morgan fingerprint density at radius 3 is 2.78 bits per heavy atom. The quantitative estimate of drug-likeness (QED) is 0.895. The number of carbonyl (C=O) groups excluding carboxylic acids is 1. The molecular formula is C20H31N5O2. The van der Waals surface area contributed by atoms with Gasteiger partial charge in [0.15, 0.2) is 0 Å². The van der Waals surface area contributed by atoms with Crippen molar-refractivity contribution in [1.82, 2.24) is 14.5 Å². The largest absolute Gasteiger partial charge is 0.444 e. The van der Waals surface area contributed by atoms with Gasteiger partial charge in [0, 0.05) is 39.4 Å². The van der Waals surface area contributed by atoms with Crippen molar-refractivity contribution in [2.45, 2.75) is 51.8 Å². The number of fused-ring (bicyclic) bond motifs is 1. The lowest BCUT2D eigenvalue weighted by Gasteiger charge is -2.29. The number of nitrogens with two attached hydrogens (primary N) is 1. The summed E-state index contributed by atoms with van der Waals surface area (Å²) in [5.74, 6) is 0. The Kier molecular flexibility index (Phi) is 5.08. The van der Waals surface area contributed by atoms with Crippen LogP contribution < -0.4 is 10.6 Å². The zero-order chi connectivity index (χ0) is 19.9. The third kappa shape index (κ3) is 4.03. The summed E-state index contributed by atoms with van der Waals surface area (Å²) in [5, 5.41) is 0. The minimum atomic E-state index is -0.493. The minimum absolute atomic E-state index is 0.102. The number of aryl methyl sites for hydroxylation is 1. The summed E-state index contributed by atoms with van der Waals surface area (Å²) >= 11 is 0. The van der Waals surface area contributed by atoms with E-state index in [0.717, 1.165) is 41.9 Å². The first-order valence-electron chi connectivity index (χ1n) is 9.49. The smallest absolute Gasteiger partial charge is 0.410 e. The van der Waals surface area contributed by atoms with Crippen molar-refractivity contribution in [3.8, 4) is 0 Å². The number of amides is 1. The number of carbonyl (C=O) groups is 1. The Morgan fingerprint density at radius 1 is 1.44 bits per heavy atom. The predicted octanol–water partition coefficient (Wildman–Crippen LogP) is 3.04. The highest BCUT2D eigenvalue weighted by Gasteiger charge is 2.32. The van der Waals surface area contributed by atoms with Crippen molar-refractivity contribution in [3.05, 3.63) is 24.0 Å². The molecule has 27 heavy (non-hydrogen) atoms. The van der Waals surface area contributed by atoms with Gasteiger partial charge in [0.25, 0.3) is 0 Å². The van der Waals surface area contributed by atoms with E-state index in [1.165, 1.54) is 0 Å². The van der Waals surface area contributed by atoms with Crippen LogP contribution in [-0.4, -0.2) is 52.3 Å². The van der Waals surface area contributed by atoms with Gasteiger partial charge in [0.1, 0.15) is 5.60 Å². The monoisotopic (exact) mass is 373 g/mol. The molecular weight excluding hydrogens is 342 g/mol. The maximum absolute atomic E-state index is 12.4. The van der Waals surface area contributed by atoms with Gasteiger partial charge in [-0.05, 0) is 46.2 Å². The lowest BCUT2D eigenvalue weighted by molar-refractivity contribution is 0.0238. The average molecular weight is 374 g/mol. The molecule has 2 aromatic rings. The van der Waals surface area contributed by atoms with Crippen molar-refractivity contribution in [1.29, 1.82) is 0 Å². The van der Waals surface area contributed by atoms with Crippen molar-refractivity contribution < 1.29 is 9.53 Å². The molecule has 2 unspecified atom stereocenters. The van der Waals surface area contributed by atoms with Crippen molar-refractivity contribution in [2.75, 3.05) is 25.0 Å². The number of rotatable bonds is 3. The van der Waals surface area contributed by atoms with Gasteiger partial charge >= 0.3 is 6.09 Å². The van der Waals surface area contributed by atoms with Crippen LogP contribution in [0.4, 0.5) is 10.5 Å². The Hall–Kier alpha value is -2.28. The van der Waals surface area contributed by atoms with Crippen LogP contribution in [0.2, 0.25) is 0 Å². The molecule has 1 aliphatic heterocycles. The number of hydrogen-bond donors (Lipinski definition) is 1. The number of pyridine rings is 1. The molecule has 2 atom stereocenters. The van der Waals surface area contributed by atoms with Crippen LogP contribution in [0, 0.1) is 0 Å². The molecule has 2 aromatic heterocycles. The topological polar surface area (TPSA) is 76.6 Å². The normalized spacial score (nSPS) is 18.8. The number of nitrogens with zero attached hydrogens (tertiary/aromatic N) is 4. The molecule has 3 heterocycles. The minimum Gasteiger partial charge on any atom is -0.444 e. The third-order valence-electron chi connectivity index (χ3n) is 5.04. The van der Waals surface area contributed by atoms with E-state index in [4.69, 9.17) is 15.5 Å². The van der Waals surface area contributed by atoms with Crippen molar-refractivity contribution in [3.63, 3.8) is 0 Å². The van der Waals surface area contributed by atoms with Crippen LogP contribution in [0.1, 0.15) is 45.9 Å². The van der Waals surface area contributed by atoms with E-state index in [2.05, 4.69) is 15.5 Å². The summed E-state index contributed by atoms with van der Waals surface area (Å²) in [6.45, 7) is 9.21. The van der Waals surface area contributed by atoms with Gasteiger partial charge in [-0.2, -0.15) is 0 Å². The van der Waals surface area contributed by atoms with Gasteiger partial charge < -0.3 is 24.8 Å². The molecule has 7 nitrogen and oxygen atoms in total. The van der Waals surface area contributed by atoms with Crippen LogP contribution >= 0.6 is 0 Å². The molecule has 0 aromatic carbocycles. The van der Waals surface area contributed by atoms with E-state index in [1.54, 1.807) is 4.90 Å². The number of aromatic nitrogens is 2. The van der Waals surface area contributed by atoms with Crippen molar-refractivity contribution >= 4 is 22.8 Å². The molecule has 0 aliphatic carbocycles. The fraction of sp³-hybridized carbons (Fsp3) is 0.600. The molecule has 3 rings (SSSR count). The zero-order valence-electron chi connectivity index (χ0n) is 17.2. The highest BCUT2D eigenvalue weighted by Crippen LogP contribution is 2.31. The third-order valence-corrected chi connectivity index (χ3v) is 5.04. The summed E-state index contributed by atoms with van der Waals surface area (Å²) in [4.78, 5) is 21.2. The van der Waals surface area contributed by atoms with E-state index >= 15 is 0 Å². The molecule has 1 saturated heterocycles. The highest BCUT2D eigenvalue weighted by atomic mass is 16.6. The zero-order valence-corrected chi connectivity index (χ0v) is 17.2. The molecule has 1 fully saturated rings. The summed E-state index contributed by atoms with van der Waals surface area (Å²) in [7, 11) is 3.83. The predicted molar refractivity (Wildman–Crippen MR) is 108 cm³/mol. The van der Waals surface area contributed by atoms with Crippen molar-refractivity contribution in [2.24, 2.45) is 12.8 Å². The standard InChI is InChI=1S/C20H31N5O2/c1-13(21)18-17(11-16-15(22-18)8-9-23(16)5)25-10-7-14(12-25)24(6)19(26)27-20(2,3)4/h8-9,11,13-14H,7,10,12,21H2,1-6H3. The molecule has 148 valence electrons. The highest BCUT2D eigenvalue weighted by molar-refractivity contribution is 5.81. The Labute approximate surface area is 161 Å². The maximum atomic E-state index is 12.4. The first-order chi connectivity index (χ1) is 12.6. The summed E-state index contributed by atoms with van der Waals surface area (Å²) < 4.78 is 7.58. The maximum Gasteiger partial charge on any atom is 0.410 e. The summed E-state index contributed by atoms with van der Waals surface area (Å²) in [6, 6.07) is 4.11. The SMILES string of the molecule is CC(N)c1nc2ccn(C)c2cc1N1CCC(N(C)C(=O)OC(C)(C)C)C1. The molecule has 0 spiro atoms. The van der Waals surface area contributed by atoms with Gasteiger partial charge in [0.2, 0.25) is 0 Å². The van der Waals surface area contributed by atoms with E-state index in [9.17, 15) is 4.79 Å². The van der Waals surface area contributed by atoms with E-state index in [0.29, 0.717) is 0 Å². The van der Waals surface area contributed by atoms with E-state index in [-0.39, 0.29) is 18.2 Å². The van der Waals surface area contributed by atoms with Crippen LogP contribution in [-0.2, 0) is 11.8 Å². The molecule has 7 heteroatoms. The van der Waals surface area contributed by atoms with Gasteiger partial charge in [-0.15, -0.1) is 0 Å². The molecule has 0 bridgehead atoms. The average Bonchev–Trinajstić information content (AvgIpc) is 3.18. The number of anilines is 1. The van der Waals surface area contributed by atoms with E-state index < -0.39 is 5.60 Å². The second-order valence-electron chi connectivity index (χ2n) is 8.49. The molecule has 0 radical (unpaired) electrons. The lowest BCUT2D eigenvalue weighted by Crippen LogP contribution is -2.42. The second-order valence-corrected chi connectivity index (χ2v) is 8.49. The van der Waals surface area contributed by atoms with Crippen LogP contribution in [0.5, 0.6) is 0 Å². The van der Waals surface area contributed by atoms with Crippen LogP contribution in [0.15, 0.2) is 18.3 Å². The summed E-state index contributed by atoms with van der Waals surface area (Å²) in [6.07, 6.45) is 2.62. The molecule has 0 saturated carbocycles. The fourth-order valence-electron chi connectivity index (χ4n) is 3.54. The lowest BCUT2D eigenvalue weighted by atomic mass is 10.1. The van der Waals surface area contributed by atoms with Crippen LogP contribution in [0.3, 0.4) is 0 Å². The first-order valence-corrected chi connectivity index (χ1v) is 9.49.